The van der Waals surface area contributed by atoms with E-state index >= 15 is 0 Å². The van der Waals surface area contributed by atoms with Crippen LogP contribution in [0.15, 0.2) is 18.5 Å². The molecule has 2 aromatic heterocycles. The third-order valence-corrected chi connectivity index (χ3v) is 3.33. The Labute approximate surface area is 117 Å². The maximum absolute atomic E-state index is 11.1. The monoisotopic (exact) mass is 294 g/mol. The number of aromatic carboxylic acids is 1. The van der Waals surface area contributed by atoms with Gasteiger partial charge in [-0.3, -0.25) is 10.1 Å². The van der Waals surface area contributed by atoms with E-state index in [1.807, 2.05) is 6.92 Å². The van der Waals surface area contributed by atoms with Crippen molar-refractivity contribution < 1.29 is 14.8 Å². The van der Waals surface area contributed by atoms with Crippen molar-refractivity contribution in [3.8, 4) is 0 Å². The van der Waals surface area contributed by atoms with Gasteiger partial charge in [0.15, 0.2) is 0 Å². The molecule has 104 valence electrons. The molecular weight excluding hydrogens is 284 g/mol. The summed E-state index contributed by atoms with van der Waals surface area (Å²) in [5.41, 5.74) is -0.595. The van der Waals surface area contributed by atoms with Gasteiger partial charge in [0.1, 0.15) is 17.6 Å². The van der Waals surface area contributed by atoms with E-state index in [4.69, 9.17) is 5.11 Å². The molecule has 0 spiro atoms. The van der Waals surface area contributed by atoms with Crippen molar-refractivity contribution in [1.29, 1.82) is 0 Å². The minimum absolute atomic E-state index is 0.0918. The van der Waals surface area contributed by atoms with Gasteiger partial charge in [-0.1, -0.05) is 0 Å². The quantitative estimate of drug-likeness (QED) is 0.640. The first-order valence-corrected chi connectivity index (χ1v) is 6.32. The average Bonchev–Trinajstić information content (AvgIpc) is 2.81. The van der Waals surface area contributed by atoms with Crippen LogP contribution in [0.4, 0.5) is 11.5 Å². The maximum Gasteiger partial charge on any atom is 0.339 e. The third-order valence-electron chi connectivity index (χ3n) is 2.41. The maximum atomic E-state index is 11.1. The molecule has 9 heteroatoms. The van der Waals surface area contributed by atoms with Gasteiger partial charge in [-0.2, -0.15) is 0 Å². The van der Waals surface area contributed by atoms with Crippen LogP contribution in [0.3, 0.4) is 0 Å². The van der Waals surface area contributed by atoms with Gasteiger partial charge < -0.3 is 10.4 Å². The molecule has 2 N–H and O–H groups in total. The number of carboxylic acids is 1. The van der Waals surface area contributed by atoms with Crippen LogP contribution in [0.25, 0.3) is 0 Å². The van der Waals surface area contributed by atoms with Crippen molar-refractivity contribution in [2.75, 3.05) is 5.32 Å². The smallest absolute Gasteiger partial charge is 0.339 e. The molecule has 0 aliphatic carbocycles. The summed E-state index contributed by atoms with van der Waals surface area (Å²) in [6.45, 7) is 2.22. The van der Waals surface area contributed by atoms with E-state index in [1.165, 1.54) is 11.3 Å². The zero-order chi connectivity index (χ0) is 14.7. The summed E-state index contributed by atoms with van der Waals surface area (Å²) in [5.74, 6) is -1.18. The van der Waals surface area contributed by atoms with Gasteiger partial charge in [0.05, 0.1) is 16.5 Å². The molecule has 0 aliphatic rings. The van der Waals surface area contributed by atoms with Crippen molar-refractivity contribution in [3.63, 3.8) is 0 Å². The molecule has 0 fully saturated rings. The molecule has 2 rings (SSSR count). The zero-order valence-corrected chi connectivity index (χ0v) is 11.2. The Bertz CT molecular complexity index is 670. The summed E-state index contributed by atoms with van der Waals surface area (Å²) < 4.78 is 0. The highest BCUT2D eigenvalue weighted by molar-refractivity contribution is 7.11. The second-order valence-corrected chi connectivity index (χ2v) is 5.17. The molecule has 0 atom stereocenters. The van der Waals surface area contributed by atoms with Crippen LogP contribution in [0.1, 0.15) is 20.2 Å². The lowest BCUT2D eigenvalue weighted by atomic mass is 10.2. The van der Waals surface area contributed by atoms with Crippen LogP contribution in [-0.4, -0.2) is 26.0 Å². The van der Waals surface area contributed by atoms with Crippen LogP contribution < -0.4 is 5.32 Å². The van der Waals surface area contributed by atoms with Crippen LogP contribution in [-0.2, 0) is 6.54 Å². The molecule has 0 aromatic carbocycles. The molecule has 0 unspecified atom stereocenters. The molecule has 0 bridgehead atoms. The number of hydrogen-bond donors (Lipinski definition) is 2. The van der Waals surface area contributed by atoms with Crippen molar-refractivity contribution >= 4 is 28.8 Å². The fourth-order valence-corrected chi connectivity index (χ4v) is 2.25. The summed E-state index contributed by atoms with van der Waals surface area (Å²) in [5, 5.41) is 23.4. The first-order valence-electron chi connectivity index (χ1n) is 5.50. The van der Waals surface area contributed by atoms with E-state index in [0.29, 0.717) is 6.54 Å². The number of nitrogens with zero attached hydrogens (tertiary/aromatic N) is 3. The van der Waals surface area contributed by atoms with E-state index in [9.17, 15) is 14.9 Å². The molecule has 0 radical (unpaired) electrons. The Morgan fingerprint density at radius 3 is 2.80 bits per heavy atom. The average molecular weight is 294 g/mol. The number of carbonyl (C=O) groups is 1. The summed E-state index contributed by atoms with van der Waals surface area (Å²) in [4.78, 5) is 29.8. The standard InChI is InChI=1S/C11H10N4O4S/c1-6-12-4-8(20-6)5-14-10-9(11(16)17)2-7(3-13-10)15(18)19/h2-4H,5H2,1H3,(H,13,14)(H,16,17). The SMILES string of the molecule is Cc1ncc(CNc2ncc([N+](=O)[O-])cc2C(=O)O)s1. The molecule has 20 heavy (non-hydrogen) atoms. The van der Waals surface area contributed by atoms with Gasteiger partial charge in [-0.25, -0.2) is 14.8 Å². The number of pyridine rings is 1. The van der Waals surface area contributed by atoms with Gasteiger partial charge in [0.2, 0.25) is 0 Å². The topological polar surface area (TPSA) is 118 Å². The molecule has 2 aromatic rings. The van der Waals surface area contributed by atoms with Crippen LogP contribution in [0, 0.1) is 17.0 Å². The Balaban J connectivity index is 2.22. The zero-order valence-electron chi connectivity index (χ0n) is 10.4. The predicted octanol–water partition coefficient (Wildman–Crippen LogP) is 2.07. The number of hydrogen-bond acceptors (Lipinski definition) is 7. The molecule has 2 heterocycles. The number of aromatic nitrogens is 2. The lowest BCUT2D eigenvalue weighted by Crippen LogP contribution is -2.08. The summed E-state index contributed by atoms with van der Waals surface area (Å²) in [6, 6.07) is 0.982. The van der Waals surface area contributed by atoms with E-state index in [1.54, 1.807) is 6.20 Å². The van der Waals surface area contributed by atoms with Gasteiger partial charge >= 0.3 is 5.97 Å². The summed E-state index contributed by atoms with van der Waals surface area (Å²) in [7, 11) is 0. The minimum Gasteiger partial charge on any atom is -0.478 e. The summed E-state index contributed by atoms with van der Waals surface area (Å²) >= 11 is 1.47. The minimum atomic E-state index is -1.27. The fourth-order valence-electron chi connectivity index (χ4n) is 1.52. The number of thiazole rings is 1. The largest absolute Gasteiger partial charge is 0.478 e. The number of nitro groups is 1. The fraction of sp³-hybridized carbons (Fsp3) is 0.182. The van der Waals surface area contributed by atoms with Crippen LogP contribution in [0.5, 0.6) is 0 Å². The van der Waals surface area contributed by atoms with E-state index in [0.717, 1.165) is 22.1 Å². The lowest BCUT2D eigenvalue weighted by Gasteiger charge is -2.06. The number of aryl methyl sites for hydroxylation is 1. The molecule has 0 saturated carbocycles. The van der Waals surface area contributed by atoms with Crippen LogP contribution in [0.2, 0.25) is 0 Å². The van der Waals surface area contributed by atoms with Crippen molar-refractivity contribution in [2.24, 2.45) is 0 Å². The highest BCUT2D eigenvalue weighted by atomic mass is 32.1. The second-order valence-electron chi connectivity index (χ2n) is 3.85. The Kier molecular flexibility index (Phi) is 3.89. The van der Waals surface area contributed by atoms with Crippen molar-refractivity contribution in [3.05, 3.63) is 44.0 Å². The number of nitrogens with one attached hydrogen (secondary N) is 1. The van der Waals surface area contributed by atoms with E-state index in [2.05, 4.69) is 15.3 Å². The number of carboxylic acid groups (broad SMARTS) is 1. The Hall–Kier alpha value is -2.55. The van der Waals surface area contributed by atoms with E-state index < -0.39 is 10.9 Å². The normalized spacial score (nSPS) is 10.2. The molecule has 0 aliphatic heterocycles. The number of anilines is 1. The first kappa shape index (κ1) is 13.9. The number of rotatable bonds is 5. The van der Waals surface area contributed by atoms with Gasteiger partial charge in [0.25, 0.3) is 5.69 Å². The lowest BCUT2D eigenvalue weighted by molar-refractivity contribution is -0.385. The summed E-state index contributed by atoms with van der Waals surface area (Å²) in [6.07, 6.45) is 2.70. The molecule has 0 saturated heterocycles. The molecular formula is C11H10N4O4S. The highest BCUT2D eigenvalue weighted by Crippen LogP contribution is 2.20. The third kappa shape index (κ3) is 3.06. The van der Waals surface area contributed by atoms with Gasteiger partial charge in [0, 0.05) is 17.1 Å². The van der Waals surface area contributed by atoms with Crippen molar-refractivity contribution in [1.82, 2.24) is 9.97 Å². The van der Waals surface area contributed by atoms with Gasteiger partial charge in [-0.15, -0.1) is 11.3 Å². The Morgan fingerprint density at radius 1 is 1.50 bits per heavy atom. The van der Waals surface area contributed by atoms with Gasteiger partial charge in [-0.05, 0) is 6.92 Å². The van der Waals surface area contributed by atoms with Crippen LogP contribution >= 0.6 is 11.3 Å². The molecule has 8 nitrogen and oxygen atoms in total. The first-order chi connectivity index (χ1) is 9.47. The predicted molar refractivity (Wildman–Crippen MR) is 72.0 cm³/mol. The Morgan fingerprint density at radius 2 is 2.25 bits per heavy atom. The van der Waals surface area contributed by atoms with Crippen molar-refractivity contribution in [2.45, 2.75) is 13.5 Å². The second kappa shape index (κ2) is 5.61. The highest BCUT2D eigenvalue weighted by Gasteiger charge is 2.17. The molecule has 0 amide bonds. The van der Waals surface area contributed by atoms with E-state index in [-0.39, 0.29) is 17.1 Å².